The van der Waals surface area contributed by atoms with E-state index in [4.69, 9.17) is 9.47 Å². The van der Waals surface area contributed by atoms with E-state index in [0.29, 0.717) is 24.5 Å². The third-order valence-electron chi connectivity index (χ3n) is 3.23. The minimum absolute atomic E-state index is 0.0140. The van der Waals surface area contributed by atoms with E-state index in [1.807, 2.05) is 6.92 Å². The number of fused-ring (bicyclic) bond motifs is 1. The molecule has 0 bridgehead atoms. The van der Waals surface area contributed by atoms with E-state index < -0.39 is 5.97 Å². The Kier molecular flexibility index (Phi) is 4.44. The first-order valence-corrected chi connectivity index (χ1v) is 6.36. The molecule has 0 radical (unpaired) electrons. The number of rotatable bonds is 4. The van der Waals surface area contributed by atoms with Gasteiger partial charge in [0.05, 0.1) is 18.9 Å². The predicted octanol–water partition coefficient (Wildman–Crippen LogP) is 0.486. The summed E-state index contributed by atoms with van der Waals surface area (Å²) >= 11 is 0. The van der Waals surface area contributed by atoms with Gasteiger partial charge in [-0.05, 0) is 19.9 Å². The largest absolute Gasteiger partial charge is 0.464 e. The third-order valence-corrected chi connectivity index (χ3v) is 3.23. The lowest BCUT2D eigenvalue weighted by molar-refractivity contribution is 0.0590. The van der Waals surface area contributed by atoms with E-state index in [2.05, 4.69) is 15.3 Å². The zero-order valence-corrected chi connectivity index (χ0v) is 11.5. The predicted molar refractivity (Wildman–Crippen MR) is 69.0 cm³/mol. The average Bonchev–Trinajstić information content (AvgIpc) is 2.45. The SMILES string of the molecule is COC(=O)c1nc(CC(C)OC)nc2c1CCNC2. The third kappa shape index (κ3) is 3.08. The molecule has 6 nitrogen and oxygen atoms in total. The fraction of sp³-hybridized carbons (Fsp3) is 0.615. The topological polar surface area (TPSA) is 73.3 Å². The molecule has 0 fully saturated rings. The maximum absolute atomic E-state index is 11.8. The minimum atomic E-state index is -0.396. The second-order valence-corrected chi connectivity index (χ2v) is 4.58. The smallest absolute Gasteiger partial charge is 0.357 e. The number of hydrogen-bond acceptors (Lipinski definition) is 6. The number of methoxy groups -OCH3 is 2. The average molecular weight is 265 g/mol. The van der Waals surface area contributed by atoms with Crippen LogP contribution in [0.2, 0.25) is 0 Å². The van der Waals surface area contributed by atoms with Crippen molar-refractivity contribution < 1.29 is 14.3 Å². The Morgan fingerprint density at radius 3 is 2.89 bits per heavy atom. The molecular weight excluding hydrogens is 246 g/mol. The van der Waals surface area contributed by atoms with Gasteiger partial charge in [-0.15, -0.1) is 0 Å². The number of ether oxygens (including phenoxy) is 2. The van der Waals surface area contributed by atoms with Crippen molar-refractivity contribution in [2.24, 2.45) is 0 Å². The van der Waals surface area contributed by atoms with E-state index in [1.165, 1.54) is 7.11 Å². The number of esters is 1. The number of carbonyl (C=O) groups is 1. The van der Waals surface area contributed by atoms with Gasteiger partial charge in [0.15, 0.2) is 5.69 Å². The van der Waals surface area contributed by atoms with Crippen LogP contribution in [0.3, 0.4) is 0 Å². The van der Waals surface area contributed by atoms with Gasteiger partial charge in [-0.2, -0.15) is 0 Å². The van der Waals surface area contributed by atoms with Gasteiger partial charge in [-0.25, -0.2) is 14.8 Å². The Balaban J connectivity index is 2.39. The summed E-state index contributed by atoms with van der Waals surface area (Å²) in [4.78, 5) is 20.7. The molecule has 1 aromatic heterocycles. The summed E-state index contributed by atoms with van der Waals surface area (Å²) < 4.78 is 10.0. The van der Waals surface area contributed by atoms with Crippen LogP contribution in [0.5, 0.6) is 0 Å². The Labute approximate surface area is 112 Å². The van der Waals surface area contributed by atoms with Crippen molar-refractivity contribution in [2.45, 2.75) is 32.4 Å². The monoisotopic (exact) mass is 265 g/mol. The van der Waals surface area contributed by atoms with Crippen LogP contribution in [0, 0.1) is 0 Å². The molecule has 1 aromatic rings. The molecule has 0 saturated carbocycles. The lowest BCUT2D eigenvalue weighted by Crippen LogP contribution is -2.29. The van der Waals surface area contributed by atoms with E-state index in [1.54, 1.807) is 7.11 Å². The van der Waals surface area contributed by atoms with Gasteiger partial charge in [-0.1, -0.05) is 0 Å². The molecule has 1 aliphatic rings. The van der Waals surface area contributed by atoms with E-state index in [0.717, 1.165) is 24.2 Å². The maximum Gasteiger partial charge on any atom is 0.357 e. The van der Waals surface area contributed by atoms with Crippen LogP contribution in [0.1, 0.15) is 34.5 Å². The van der Waals surface area contributed by atoms with Crippen molar-refractivity contribution in [3.63, 3.8) is 0 Å². The molecule has 2 heterocycles. The number of aromatic nitrogens is 2. The molecule has 1 unspecified atom stereocenters. The lowest BCUT2D eigenvalue weighted by atomic mass is 10.0. The minimum Gasteiger partial charge on any atom is -0.464 e. The summed E-state index contributed by atoms with van der Waals surface area (Å²) in [5.41, 5.74) is 2.19. The molecule has 0 aromatic carbocycles. The number of hydrogen-bond donors (Lipinski definition) is 1. The highest BCUT2D eigenvalue weighted by Gasteiger charge is 2.22. The van der Waals surface area contributed by atoms with Gasteiger partial charge in [-0.3, -0.25) is 0 Å². The molecule has 6 heteroatoms. The molecular formula is C13H19N3O3. The zero-order chi connectivity index (χ0) is 13.8. The van der Waals surface area contributed by atoms with Gasteiger partial charge in [0, 0.05) is 25.6 Å². The molecule has 0 amide bonds. The highest BCUT2D eigenvalue weighted by molar-refractivity contribution is 5.89. The van der Waals surface area contributed by atoms with Gasteiger partial charge < -0.3 is 14.8 Å². The Hall–Kier alpha value is -1.53. The normalized spacial score (nSPS) is 15.7. The lowest BCUT2D eigenvalue weighted by Gasteiger charge is -2.19. The Morgan fingerprint density at radius 1 is 1.42 bits per heavy atom. The highest BCUT2D eigenvalue weighted by atomic mass is 16.5. The zero-order valence-electron chi connectivity index (χ0n) is 11.5. The molecule has 1 aliphatic heterocycles. The summed E-state index contributed by atoms with van der Waals surface area (Å²) in [5.74, 6) is 0.226. The molecule has 1 atom stereocenters. The molecule has 104 valence electrons. The van der Waals surface area contributed by atoms with Gasteiger partial charge in [0.25, 0.3) is 0 Å². The molecule has 19 heavy (non-hydrogen) atoms. The second-order valence-electron chi connectivity index (χ2n) is 4.58. The quantitative estimate of drug-likeness (QED) is 0.799. The van der Waals surface area contributed by atoms with Crippen LogP contribution in [0.25, 0.3) is 0 Å². The fourth-order valence-corrected chi connectivity index (χ4v) is 2.11. The Bertz CT molecular complexity index is 476. The highest BCUT2D eigenvalue weighted by Crippen LogP contribution is 2.17. The first-order chi connectivity index (χ1) is 9.15. The van der Waals surface area contributed by atoms with E-state index in [-0.39, 0.29) is 6.10 Å². The van der Waals surface area contributed by atoms with Crippen molar-refractivity contribution in [2.75, 3.05) is 20.8 Å². The van der Waals surface area contributed by atoms with Crippen LogP contribution in [-0.4, -0.2) is 42.8 Å². The van der Waals surface area contributed by atoms with Gasteiger partial charge in [0.1, 0.15) is 5.82 Å². The number of nitrogens with zero attached hydrogens (tertiary/aromatic N) is 2. The van der Waals surface area contributed by atoms with Crippen LogP contribution in [0.15, 0.2) is 0 Å². The van der Waals surface area contributed by atoms with Crippen LogP contribution >= 0.6 is 0 Å². The summed E-state index contributed by atoms with van der Waals surface area (Å²) in [6, 6.07) is 0. The molecule has 0 spiro atoms. The standard InChI is InChI=1S/C13H19N3O3/c1-8(18-2)6-11-15-10-7-14-5-4-9(10)12(16-11)13(17)19-3/h8,14H,4-7H2,1-3H3. The van der Waals surface area contributed by atoms with Crippen molar-refractivity contribution in [3.05, 3.63) is 22.8 Å². The van der Waals surface area contributed by atoms with Crippen LogP contribution < -0.4 is 5.32 Å². The number of carbonyl (C=O) groups excluding carboxylic acids is 1. The first kappa shape index (κ1) is 13.9. The molecule has 2 rings (SSSR count). The van der Waals surface area contributed by atoms with E-state index >= 15 is 0 Å². The summed E-state index contributed by atoms with van der Waals surface area (Å²) in [6.07, 6.45) is 1.34. The van der Waals surface area contributed by atoms with Crippen LogP contribution in [0.4, 0.5) is 0 Å². The van der Waals surface area contributed by atoms with Gasteiger partial charge >= 0.3 is 5.97 Å². The molecule has 1 N–H and O–H groups in total. The van der Waals surface area contributed by atoms with Crippen molar-refractivity contribution in [3.8, 4) is 0 Å². The van der Waals surface area contributed by atoms with E-state index in [9.17, 15) is 4.79 Å². The summed E-state index contributed by atoms with van der Waals surface area (Å²) in [5, 5.41) is 3.25. The Morgan fingerprint density at radius 2 is 2.21 bits per heavy atom. The molecule has 0 aliphatic carbocycles. The summed E-state index contributed by atoms with van der Waals surface area (Å²) in [6.45, 7) is 3.43. The van der Waals surface area contributed by atoms with Crippen molar-refractivity contribution >= 4 is 5.97 Å². The number of nitrogens with one attached hydrogen (secondary N) is 1. The van der Waals surface area contributed by atoms with Gasteiger partial charge in [0.2, 0.25) is 0 Å². The fourth-order valence-electron chi connectivity index (χ4n) is 2.11. The first-order valence-electron chi connectivity index (χ1n) is 6.36. The summed E-state index contributed by atoms with van der Waals surface area (Å²) in [7, 11) is 3.02. The van der Waals surface area contributed by atoms with Crippen LogP contribution in [-0.2, 0) is 28.9 Å². The van der Waals surface area contributed by atoms with Crippen molar-refractivity contribution in [1.29, 1.82) is 0 Å². The second kappa shape index (κ2) is 6.08. The van der Waals surface area contributed by atoms with Crippen molar-refractivity contribution in [1.82, 2.24) is 15.3 Å². The maximum atomic E-state index is 11.8. The molecule has 0 saturated heterocycles.